The molecule has 0 saturated carbocycles. The molecular weight excluding hydrogens is 333 g/mol. The van der Waals surface area contributed by atoms with Crippen molar-refractivity contribution < 1.29 is 9.53 Å². The first-order chi connectivity index (χ1) is 11.1. The number of ether oxygens (including phenoxy) is 1. The highest BCUT2D eigenvalue weighted by Gasteiger charge is 2.32. The summed E-state index contributed by atoms with van der Waals surface area (Å²) in [4.78, 5) is 12.9. The molecule has 0 spiro atoms. The van der Waals surface area contributed by atoms with Crippen LogP contribution < -0.4 is 5.32 Å². The lowest BCUT2D eigenvalue weighted by Crippen LogP contribution is -2.40. The molecule has 0 aliphatic carbocycles. The lowest BCUT2D eigenvalue weighted by atomic mass is 9.97. The maximum atomic E-state index is 12.9. The van der Waals surface area contributed by atoms with Crippen LogP contribution >= 0.6 is 23.2 Å². The molecule has 0 aromatic heterocycles. The number of hydrogen-bond acceptors (Lipinski definition) is 3. The molecule has 1 fully saturated rings. The van der Waals surface area contributed by atoms with Crippen LogP contribution in [-0.2, 0) is 4.74 Å². The van der Waals surface area contributed by atoms with E-state index in [4.69, 9.17) is 27.9 Å². The van der Waals surface area contributed by atoms with Crippen LogP contribution in [0.5, 0.6) is 0 Å². The van der Waals surface area contributed by atoms with Crippen molar-refractivity contribution in [2.24, 2.45) is 0 Å². The van der Waals surface area contributed by atoms with E-state index < -0.39 is 6.04 Å². The first-order valence-corrected chi connectivity index (χ1v) is 8.32. The van der Waals surface area contributed by atoms with Gasteiger partial charge in [-0.05, 0) is 49.2 Å². The van der Waals surface area contributed by atoms with Gasteiger partial charge in [-0.15, -0.1) is 0 Å². The number of Topliss-reactive ketones (excluding diaryl/α,β-unsaturated/α-hetero) is 1. The average Bonchev–Trinajstić information content (AvgIpc) is 3.08. The van der Waals surface area contributed by atoms with E-state index in [1.54, 1.807) is 36.4 Å². The largest absolute Gasteiger partial charge is 0.376 e. The minimum atomic E-state index is -0.447. The number of carbonyl (C=O) groups excluding carboxylic acids is 1. The van der Waals surface area contributed by atoms with Gasteiger partial charge in [0.1, 0.15) is 6.04 Å². The van der Waals surface area contributed by atoms with Crippen molar-refractivity contribution in [3.05, 3.63) is 64.1 Å². The number of carbonyl (C=O) groups is 1. The molecule has 0 bridgehead atoms. The topological polar surface area (TPSA) is 38.3 Å². The smallest absolute Gasteiger partial charge is 0.187 e. The maximum Gasteiger partial charge on any atom is 0.187 e. The molecule has 120 valence electrons. The number of benzene rings is 2. The Labute approximate surface area is 145 Å². The SMILES string of the molecule is O=C(c1cccc(Cl)c1)[C@@H](Nc1ccc(Cl)cc1)[C@H]1CCCO1. The fraction of sp³-hybridized carbons (Fsp3) is 0.278. The second-order valence-electron chi connectivity index (χ2n) is 5.55. The van der Waals surface area contributed by atoms with E-state index in [0.29, 0.717) is 22.2 Å². The summed E-state index contributed by atoms with van der Waals surface area (Å²) in [5, 5.41) is 4.50. The first-order valence-electron chi connectivity index (χ1n) is 7.57. The summed E-state index contributed by atoms with van der Waals surface area (Å²) in [7, 11) is 0. The number of hydrogen-bond donors (Lipinski definition) is 1. The van der Waals surface area contributed by atoms with Crippen LogP contribution in [0.25, 0.3) is 0 Å². The molecule has 3 nitrogen and oxygen atoms in total. The van der Waals surface area contributed by atoms with Gasteiger partial charge >= 0.3 is 0 Å². The molecule has 2 aromatic rings. The molecule has 0 unspecified atom stereocenters. The standard InChI is InChI=1S/C18H17Cl2NO2/c19-13-6-8-15(9-7-13)21-17(16-5-2-10-23-16)18(22)12-3-1-4-14(20)11-12/h1,3-4,6-9,11,16-17,21H,2,5,10H2/t16-,17+/m1/s1. The molecular formula is C18H17Cl2NO2. The lowest BCUT2D eigenvalue weighted by molar-refractivity contribution is 0.0721. The van der Waals surface area contributed by atoms with Crippen LogP contribution in [0.15, 0.2) is 48.5 Å². The van der Waals surface area contributed by atoms with Crippen LogP contribution in [-0.4, -0.2) is 24.5 Å². The van der Waals surface area contributed by atoms with Crippen molar-refractivity contribution in [2.75, 3.05) is 11.9 Å². The molecule has 0 radical (unpaired) electrons. The van der Waals surface area contributed by atoms with Gasteiger partial charge in [0.15, 0.2) is 5.78 Å². The molecule has 1 aliphatic heterocycles. The van der Waals surface area contributed by atoms with Crippen LogP contribution in [0.3, 0.4) is 0 Å². The summed E-state index contributed by atoms with van der Waals surface area (Å²) in [6.45, 7) is 0.687. The summed E-state index contributed by atoms with van der Waals surface area (Å²) in [6.07, 6.45) is 1.68. The fourth-order valence-corrected chi connectivity index (χ4v) is 3.06. The molecule has 1 saturated heterocycles. The summed E-state index contributed by atoms with van der Waals surface area (Å²) < 4.78 is 5.74. The van der Waals surface area contributed by atoms with Crippen molar-refractivity contribution in [1.82, 2.24) is 0 Å². The summed E-state index contributed by atoms with van der Waals surface area (Å²) >= 11 is 11.9. The normalized spacial score (nSPS) is 18.6. The van der Waals surface area contributed by atoms with Gasteiger partial charge in [-0.1, -0.05) is 35.3 Å². The van der Waals surface area contributed by atoms with Crippen LogP contribution in [0.4, 0.5) is 5.69 Å². The Morgan fingerprint density at radius 3 is 2.57 bits per heavy atom. The Hall–Kier alpha value is -1.55. The zero-order valence-corrected chi connectivity index (χ0v) is 14.0. The second kappa shape index (κ2) is 7.35. The van der Waals surface area contributed by atoms with E-state index in [9.17, 15) is 4.79 Å². The molecule has 5 heteroatoms. The van der Waals surface area contributed by atoms with Gasteiger partial charge in [0.25, 0.3) is 0 Å². The number of anilines is 1. The number of rotatable bonds is 5. The molecule has 0 amide bonds. The molecule has 2 aromatic carbocycles. The van der Waals surface area contributed by atoms with E-state index in [1.165, 1.54) is 0 Å². The Balaban J connectivity index is 1.85. The molecule has 3 rings (SSSR count). The van der Waals surface area contributed by atoms with E-state index in [1.807, 2.05) is 12.1 Å². The quantitative estimate of drug-likeness (QED) is 0.785. The minimum absolute atomic E-state index is 0.0191. The molecule has 23 heavy (non-hydrogen) atoms. The van der Waals surface area contributed by atoms with Crippen molar-refractivity contribution in [3.63, 3.8) is 0 Å². The predicted octanol–water partition coefficient (Wildman–Crippen LogP) is 4.84. The number of nitrogens with one attached hydrogen (secondary N) is 1. The van der Waals surface area contributed by atoms with E-state index >= 15 is 0 Å². The Morgan fingerprint density at radius 2 is 1.91 bits per heavy atom. The Bertz CT molecular complexity index is 682. The molecule has 2 atom stereocenters. The van der Waals surface area contributed by atoms with Crippen molar-refractivity contribution >= 4 is 34.7 Å². The van der Waals surface area contributed by atoms with E-state index in [2.05, 4.69) is 5.32 Å². The summed E-state index contributed by atoms with van der Waals surface area (Å²) in [6, 6.07) is 13.9. The van der Waals surface area contributed by atoms with Crippen molar-refractivity contribution in [2.45, 2.75) is 25.0 Å². The van der Waals surface area contributed by atoms with Crippen LogP contribution in [0, 0.1) is 0 Å². The zero-order valence-electron chi connectivity index (χ0n) is 12.5. The molecule has 1 heterocycles. The third kappa shape index (κ3) is 4.05. The summed E-state index contributed by atoms with van der Waals surface area (Å²) in [5.74, 6) is -0.0191. The Morgan fingerprint density at radius 1 is 1.13 bits per heavy atom. The van der Waals surface area contributed by atoms with Crippen molar-refractivity contribution in [3.8, 4) is 0 Å². The monoisotopic (exact) mass is 349 g/mol. The van der Waals surface area contributed by atoms with Gasteiger partial charge in [0.2, 0.25) is 0 Å². The first kappa shape index (κ1) is 16.3. The van der Waals surface area contributed by atoms with Gasteiger partial charge in [0, 0.05) is 27.9 Å². The molecule has 1 aliphatic rings. The fourth-order valence-electron chi connectivity index (χ4n) is 2.74. The third-order valence-corrected chi connectivity index (χ3v) is 4.38. The maximum absolute atomic E-state index is 12.9. The van der Waals surface area contributed by atoms with Gasteiger partial charge in [-0.2, -0.15) is 0 Å². The number of halogens is 2. The highest BCUT2D eigenvalue weighted by atomic mass is 35.5. The zero-order chi connectivity index (χ0) is 16.2. The predicted molar refractivity (Wildman–Crippen MR) is 93.6 cm³/mol. The van der Waals surface area contributed by atoms with Gasteiger partial charge in [-0.25, -0.2) is 0 Å². The highest BCUT2D eigenvalue weighted by molar-refractivity contribution is 6.31. The van der Waals surface area contributed by atoms with Gasteiger partial charge in [-0.3, -0.25) is 4.79 Å². The Kier molecular flexibility index (Phi) is 5.21. The third-order valence-electron chi connectivity index (χ3n) is 3.89. The van der Waals surface area contributed by atoms with Crippen LogP contribution in [0.2, 0.25) is 10.0 Å². The summed E-state index contributed by atoms with van der Waals surface area (Å²) in [5.41, 5.74) is 1.42. The van der Waals surface area contributed by atoms with Gasteiger partial charge < -0.3 is 10.1 Å². The van der Waals surface area contributed by atoms with Gasteiger partial charge in [0.05, 0.1) is 6.10 Å². The minimum Gasteiger partial charge on any atom is -0.376 e. The average molecular weight is 350 g/mol. The van der Waals surface area contributed by atoms with E-state index in [-0.39, 0.29) is 11.9 Å². The van der Waals surface area contributed by atoms with Crippen LogP contribution in [0.1, 0.15) is 23.2 Å². The van der Waals surface area contributed by atoms with Crippen molar-refractivity contribution in [1.29, 1.82) is 0 Å². The highest BCUT2D eigenvalue weighted by Crippen LogP contribution is 2.24. The lowest BCUT2D eigenvalue weighted by Gasteiger charge is -2.24. The van der Waals surface area contributed by atoms with E-state index in [0.717, 1.165) is 18.5 Å². The number of ketones is 1. The second-order valence-corrected chi connectivity index (χ2v) is 6.43. The molecule has 1 N–H and O–H groups in total.